The number of halogens is 1. The van der Waals surface area contributed by atoms with E-state index in [0.717, 1.165) is 19.4 Å². The van der Waals surface area contributed by atoms with Gasteiger partial charge in [-0.3, -0.25) is 9.48 Å². The molecule has 5 nitrogen and oxygen atoms in total. The molecule has 6 heteroatoms. The lowest BCUT2D eigenvalue weighted by Gasteiger charge is -2.32. The van der Waals surface area contributed by atoms with Crippen LogP contribution in [0.4, 0.5) is 0 Å². The van der Waals surface area contributed by atoms with Gasteiger partial charge >= 0.3 is 0 Å². The summed E-state index contributed by atoms with van der Waals surface area (Å²) in [7, 11) is 0. The van der Waals surface area contributed by atoms with Gasteiger partial charge < -0.3 is 9.32 Å². The molecule has 1 amide bonds. The van der Waals surface area contributed by atoms with Crippen LogP contribution in [0.15, 0.2) is 39.9 Å². The van der Waals surface area contributed by atoms with Crippen LogP contribution < -0.4 is 0 Å². The molecule has 1 fully saturated rings. The molecule has 1 unspecified atom stereocenters. The van der Waals surface area contributed by atoms with E-state index < -0.39 is 0 Å². The lowest BCUT2D eigenvalue weighted by atomic mass is 10.1. The highest BCUT2D eigenvalue weighted by Crippen LogP contribution is 2.23. The van der Waals surface area contributed by atoms with Crippen molar-refractivity contribution in [2.45, 2.75) is 18.9 Å². The minimum atomic E-state index is 0.0197. The maximum Gasteiger partial charge on any atom is 0.257 e. The quantitative estimate of drug-likeness (QED) is 0.853. The van der Waals surface area contributed by atoms with E-state index >= 15 is 0 Å². The first kappa shape index (κ1) is 12.5. The third-order valence-electron chi connectivity index (χ3n) is 3.40. The minimum Gasteiger partial charge on any atom is -0.457 e. The second-order valence-electron chi connectivity index (χ2n) is 4.67. The lowest BCUT2D eigenvalue weighted by Crippen LogP contribution is -2.40. The van der Waals surface area contributed by atoms with Gasteiger partial charge in [-0.2, -0.15) is 5.10 Å². The highest BCUT2D eigenvalue weighted by molar-refractivity contribution is 9.10. The molecule has 1 aliphatic heterocycles. The number of carbonyl (C=O) groups is 1. The standard InChI is InChI=1S/C13H14BrN3O2/c14-12-7-10(9-19-12)13(18)16-5-1-3-11(8-16)17-6-2-4-15-17/h2,4,6-7,9,11H,1,3,5,8H2. The Kier molecular flexibility index (Phi) is 3.42. The molecule has 0 radical (unpaired) electrons. The van der Waals surface area contributed by atoms with Gasteiger partial charge in [-0.1, -0.05) is 0 Å². The van der Waals surface area contributed by atoms with Gasteiger partial charge in [0.15, 0.2) is 4.67 Å². The van der Waals surface area contributed by atoms with Crippen LogP contribution in [0.3, 0.4) is 0 Å². The van der Waals surface area contributed by atoms with Crippen LogP contribution in [0.25, 0.3) is 0 Å². The van der Waals surface area contributed by atoms with Crippen molar-refractivity contribution in [3.8, 4) is 0 Å². The molecule has 2 aromatic rings. The van der Waals surface area contributed by atoms with Gasteiger partial charge in [0, 0.05) is 31.5 Å². The molecule has 2 aromatic heterocycles. The third kappa shape index (κ3) is 2.58. The van der Waals surface area contributed by atoms with Crippen molar-refractivity contribution < 1.29 is 9.21 Å². The Morgan fingerprint density at radius 3 is 3.11 bits per heavy atom. The predicted molar refractivity (Wildman–Crippen MR) is 72.8 cm³/mol. The number of hydrogen-bond donors (Lipinski definition) is 0. The Balaban J connectivity index is 1.73. The molecule has 0 aromatic carbocycles. The van der Waals surface area contributed by atoms with Crippen LogP contribution in [-0.2, 0) is 0 Å². The molecule has 0 bridgehead atoms. The van der Waals surface area contributed by atoms with Crippen molar-refractivity contribution in [1.82, 2.24) is 14.7 Å². The maximum absolute atomic E-state index is 12.3. The van der Waals surface area contributed by atoms with E-state index in [4.69, 9.17) is 4.42 Å². The Morgan fingerprint density at radius 1 is 1.53 bits per heavy atom. The molecule has 0 aliphatic carbocycles. The van der Waals surface area contributed by atoms with Crippen molar-refractivity contribution >= 4 is 21.8 Å². The molecule has 0 N–H and O–H groups in total. The summed E-state index contributed by atoms with van der Waals surface area (Å²) in [6, 6.07) is 3.89. The summed E-state index contributed by atoms with van der Waals surface area (Å²) in [5, 5.41) is 4.26. The average molecular weight is 324 g/mol. The highest BCUT2D eigenvalue weighted by atomic mass is 79.9. The normalized spacial score (nSPS) is 19.6. The van der Waals surface area contributed by atoms with Crippen LogP contribution in [0.5, 0.6) is 0 Å². The molecule has 100 valence electrons. The monoisotopic (exact) mass is 323 g/mol. The minimum absolute atomic E-state index is 0.0197. The van der Waals surface area contributed by atoms with Crippen molar-refractivity contribution in [3.05, 3.63) is 41.0 Å². The number of aromatic nitrogens is 2. The van der Waals surface area contributed by atoms with Crippen molar-refractivity contribution in [3.63, 3.8) is 0 Å². The predicted octanol–water partition coefficient (Wildman–Crippen LogP) is 2.72. The summed E-state index contributed by atoms with van der Waals surface area (Å²) in [5.41, 5.74) is 0.591. The number of nitrogens with zero attached hydrogens (tertiary/aromatic N) is 3. The second kappa shape index (κ2) is 5.21. The van der Waals surface area contributed by atoms with Crippen LogP contribution in [0, 0.1) is 0 Å². The summed E-state index contributed by atoms with van der Waals surface area (Å²) >= 11 is 3.22. The zero-order valence-electron chi connectivity index (χ0n) is 10.3. The van der Waals surface area contributed by atoms with Gasteiger partial charge in [0.1, 0.15) is 6.26 Å². The van der Waals surface area contributed by atoms with Gasteiger partial charge in [0.05, 0.1) is 11.6 Å². The van der Waals surface area contributed by atoms with Gasteiger partial charge in [0.2, 0.25) is 0 Å². The smallest absolute Gasteiger partial charge is 0.257 e. The molecular formula is C13H14BrN3O2. The fourth-order valence-corrected chi connectivity index (χ4v) is 2.80. The molecule has 0 spiro atoms. The fourth-order valence-electron chi connectivity index (χ4n) is 2.46. The Morgan fingerprint density at radius 2 is 2.42 bits per heavy atom. The Labute approximate surface area is 119 Å². The molecule has 19 heavy (non-hydrogen) atoms. The molecule has 3 heterocycles. The van der Waals surface area contributed by atoms with Gasteiger partial charge in [-0.05, 0) is 34.8 Å². The number of piperidine rings is 1. The molecule has 0 saturated carbocycles. The zero-order chi connectivity index (χ0) is 13.2. The summed E-state index contributed by atoms with van der Waals surface area (Å²) < 4.78 is 7.64. The number of hydrogen-bond acceptors (Lipinski definition) is 3. The molecule has 1 atom stereocenters. The number of carbonyl (C=O) groups excluding carboxylic acids is 1. The van der Waals surface area contributed by atoms with Crippen molar-refractivity contribution in [2.75, 3.05) is 13.1 Å². The van der Waals surface area contributed by atoms with E-state index in [1.165, 1.54) is 6.26 Å². The summed E-state index contributed by atoms with van der Waals surface area (Å²) in [6.07, 6.45) is 7.26. The Bertz CT molecular complexity index is 564. The lowest BCUT2D eigenvalue weighted by molar-refractivity contribution is 0.0672. The fraction of sp³-hybridized carbons (Fsp3) is 0.385. The van der Waals surface area contributed by atoms with E-state index in [1.807, 2.05) is 21.8 Å². The van der Waals surface area contributed by atoms with Crippen LogP contribution >= 0.6 is 15.9 Å². The van der Waals surface area contributed by atoms with E-state index in [0.29, 0.717) is 16.8 Å². The molecule has 1 aliphatic rings. The first-order chi connectivity index (χ1) is 9.24. The van der Waals surface area contributed by atoms with Crippen molar-refractivity contribution in [1.29, 1.82) is 0 Å². The van der Waals surface area contributed by atoms with Crippen molar-refractivity contribution in [2.24, 2.45) is 0 Å². The van der Waals surface area contributed by atoms with E-state index in [9.17, 15) is 4.79 Å². The molecular weight excluding hydrogens is 310 g/mol. The van der Waals surface area contributed by atoms with Crippen LogP contribution in [0.2, 0.25) is 0 Å². The number of amides is 1. The highest BCUT2D eigenvalue weighted by Gasteiger charge is 2.26. The van der Waals surface area contributed by atoms with E-state index in [-0.39, 0.29) is 11.9 Å². The molecule has 1 saturated heterocycles. The summed E-state index contributed by atoms with van der Waals surface area (Å²) in [6.45, 7) is 1.49. The summed E-state index contributed by atoms with van der Waals surface area (Å²) in [5.74, 6) is 0.0197. The topological polar surface area (TPSA) is 51.3 Å². The van der Waals surface area contributed by atoms with Crippen LogP contribution in [-0.4, -0.2) is 33.7 Å². The first-order valence-corrected chi connectivity index (χ1v) is 7.06. The average Bonchev–Trinajstić information content (AvgIpc) is 3.09. The van der Waals surface area contributed by atoms with E-state index in [2.05, 4.69) is 21.0 Å². The largest absolute Gasteiger partial charge is 0.457 e. The first-order valence-electron chi connectivity index (χ1n) is 6.26. The summed E-state index contributed by atoms with van der Waals surface area (Å²) in [4.78, 5) is 14.2. The third-order valence-corrected chi connectivity index (χ3v) is 3.81. The SMILES string of the molecule is O=C(c1coc(Br)c1)N1CCCC(n2cccn2)C1. The second-order valence-corrected chi connectivity index (χ2v) is 5.45. The zero-order valence-corrected chi connectivity index (χ0v) is 11.9. The van der Waals surface area contributed by atoms with E-state index in [1.54, 1.807) is 12.3 Å². The van der Waals surface area contributed by atoms with Gasteiger partial charge in [-0.25, -0.2) is 0 Å². The van der Waals surface area contributed by atoms with Crippen LogP contribution in [0.1, 0.15) is 29.2 Å². The Hall–Kier alpha value is -1.56. The van der Waals surface area contributed by atoms with Gasteiger partial charge in [-0.15, -0.1) is 0 Å². The molecule has 3 rings (SSSR count). The number of furan rings is 1. The number of likely N-dealkylation sites (tertiary alicyclic amines) is 1. The van der Waals surface area contributed by atoms with Gasteiger partial charge in [0.25, 0.3) is 5.91 Å². The maximum atomic E-state index is 12.3. The number of rotatable bonds is 2.